The number of epoxide rings is 2. The maximum atomic E-state index is 12.4. The van der Waals surface area contributed by atoms with Crippen LogP contribution in [0.4, 0.5) is 0 Å². The summed E-state index contributed by atoms with van der Waals surface area (Å²) >= 11 is 0. The van der Waals surface area contributed by atoms with Crippen LogP contribution in [0.15, 0.2) is 35.9 Å². The van der Waals surface area contributed by atoms with Crippen LogP contribution < -0.4 is 0 Å². The van der Waals surface area contributed by atoms with Crippen molar-refractivity contribution in [1.29, 1.82) is 0 Å². The van der Waals surface area contributed by atoms with Crippen molar-refractivity contribution in [2.45, 2.75) is 76.8 Å². The van der Waals surface area contributed by atoms with Crippen LogP contribution >= 0.6 is 0 Å². The highest BCUT2D eigenvalue weighted by Gasteiger charge is 2.68. The number of carbonyl (C=O) groups is 1. The van der Waals surface area contributed by atoms with Crippen molar-refractivity contribution in [3.05, 3.63) is 47.1 Å². The van der Waals surface area contributed by atoms with Crippen molar-refractivity contribution in [1.82, 2.24) is 0 Å². The molecule has 4 unspecified atom stereocenters. The summed E-state index contributed by atoms with van der Waals surface area (Å²) in [5, 5.41) is 9.70. The second-order valence-electron chi connectivity index (χ2n) is 9.48. The van der Waals surface area contributed by atoms with Gasteiger partial charge < -0.3 is 19.3 Å². The highest BCUT2D eigenvalue weighted by atomic mass is 16.6. The zero-order valence-electron chi connectivity index (χ0n) is 18.3. The van der Waals surface area contributed by atoms with E-state index in [-0.39, 0.29) is 41.0 Å². The highest BCUT2D eigenvalue weighted by Crippen LogP contribution is 2.59. The van der Waals surface area contributed by atoms with E-state index in [9.17, 15) is 9.90 Å². The topological polar surface area (TPSA) is 71.6 Å². The standard InChI is InChI=1S/C25H32O5/c1-16(2)5-7-22-24(4,30-22)21-14-20(9-10-25(21)15-28-25)29-23(27)8-6-18-11-17(3)12-19(26)13-18/h5-6,8,11-13,20-22,26H,7,9-10,14-15H2,1-4H3/b8-6+/t20-,21?,22?,24?,25?/m1/s1. The molecule has 30 heavy (non-hydrogen) atoms. The van der Waals surface area contributed by atoms with Crippen molar-refractivity contribution in [2.24, 2.45) is 5.92 Å². The molecule has 2 aliphatic heterocycles. The van der Waals surface area contributed by atoms with Crippen LogP contribution in [0, 0.1) is 12.8 Å². The zero-order chi connectivity index (χ0) is 21.5. The van der Waals surface area contributed by atoms with Crippen molar-refractivity contribution in [3.63, 3.8) is 0 Å². The summed E-state index contributed by atoms with van der Waals surface area (Å²) in [6, 6.07) is 5.21. The molecule has 1 aromatic carbocycles. The Morgan fingerprint density at radius 1 is 1.33 bits per heavy atom. The third-order valence-electron chi connectivity index (χ3n) is 6.73. The van der Waals surface area contributed by atoms with Crippen LogP contribution in [-0.4, -0.2) is 41.1 Å². The number of phenolic OH excluding ortho intramolecular Hbond substituents is 1. The molecule has 5 atom stereocenters. The molecular formula is C25H32O5. The summed E-state index contributed by atoms with van der Waals surface area (Å²) < 4.78 is 17.8. The molecule has 1 spiro atoms. The fourth-order valence-electron chi connectivity index (χ4n) is 4.94. The summed E-state index contributed by atoms with van der Waals surface area (Å²) in [5.41, 5.74) is 2.72. The first kappa shape index (κ1) is 21.1. The molecule has 0 amide bonds. The smallest absolute Gasteiger partial charge is 0.331 e. The minimum atomic E-state index is -0.352. The van der Waals surface area contributed by atoms with Gasteiger partial charge in [-0.2, -0.15) is 0 Å². The summed E-state index contributed by atoms with van der Waals surface area (Å²) in [6.45, 7) is 9.07. The van der Waals surface area contributed by atoms with E-state index in [2.05, 4.69) is 26.8 Å². The average molecular weight is 413 g/mol. The number of rotatable bonds is 6. The number of aryl methyl sites for hydroxylation is 1. The molecular weight excluding hydrogens is 380 g/mol. The molecule has 4 rings (SSSR count). The average Bonchev–Trinajstić information content (AvgIpc) is 3.57. The molecule has 5 nitrogen and oxygen atoms in total. The Hall–Kier alpha value is -2.11. The van der Waals surface area contributed by atoms with Gasteiger partial charge in [0.2, 0.25) is 0 Å². The molecule has 5 heteroatoms. The van der Waals surface area contributed by atoms with Gasteiger partial charge in [0.05, 0.1) is 23.9 Å². The van der Waals surface area contributed by atoms with E-state index >= 15 is 0 Å². The van der Waals surface area contributed by atoms with Crippen molar-refractivity contribution < 1.29 is 24.1 Å². The monoisotopic (exact) mass is 412 g/mol. The van der Waals surface area contributed by atoms with E-state index in [1.807, 2.05) is 13.0 Å². The number of ether oxygens (including phenoxy) is 3. The molecule has 3 fully saturated rings. The van der Waals surface area contributed by atoms with E-state index in [1.54, 1.807) is 18.2 Å². The first-order valence-electron chi connectivity index (χ1n) is 10.8. The highest BCUT2D eigenvalue weighted by molar-refractivity contribution is 5.87. The second kappa shape index (κ2) is 7.86. The SMILES string of the molecule is CC(C)=CCC1OC1(C)C1C[C@H](OC(=O)/C=C/c2cc(C)cc(O)c2)CCC12CO2. The summed E-state index contributed by atoms with van der Waals surface area (Å²) in [7, 11) is 0. The number of hydrogen-bond donors (Lipinski definition) is 1. The molecule has 2 saturated heterocycles. The molecule has 2 heterocycles. The molecule has 0 radical (unpaired) electrons. The van der Waals surface area contributed by atoms with Gasteiger partial charge in [-0.1, -0.05) is 17.7 Å². The van der Waals surface area contributed by atoms with E-state index in [4.69, 9.17) is 14.2 Å². The minimum absolute atomic E-state index is 0.0910. The fourth-order valence-corrected chi connectivity index (χ4v) is 4.94. The Kier molecular flexibility index (Phi) is 5.54. The Balaban J connectivity index is 1.37. The minimum Gasteiger partial charge on any atom is -0.508 e. The Bertz CT molecular complexity index is 857. The molecule has 1 saturated carbocycles. The lowest BCUT2D eigenvalue weighted by atomic mass is 9.70. The maximum absolute atomic E-state index is 12.4. The Morgan fingerprint density at radius 3 is 2.77 bits per heavy atom. The van der Waals surface area contributed by atoms with Crippen molar-refractivity contribution in [3.8, 4) is 5.75 Å². The Labute approximate surface area is 178 Å². The fraction of sp³-hybridized carbons (Fsp3) is 0.560. The number of phenols is 1. The molecule has 1 N–H and O–H groups in total. The predicted molar refractivity (Wildman–Crippen MR) is 115 cm³/mol. The van der Waals surface area contributed by atoms with Gasteiger partial charge in [-0.15, -0.1) is 0 Å². The Morgan fingerprint density at radius 2 is 2.10 bits per heavy atom. The van der Waals surface area contributed by atoms with E-state index < -0.39 is 0 Å². The second-order valence-corrected chi connectivity index (χ2v) is 9.48. The number of benzene rings is 1. The van der Waals surface area contributed by atoms with E-state index in [0.29, 0.717) is 0 Å². The third-order valence-corrected chi connectivity index (χ3v) is 6.73. The van der Waals surface area contributed by atoms with Crippen LogP contribution in [0.1, 0.15) is 57.6 Å². The van der Waals surface area contributed by atoms with Crippen molar-refractivity contribution >= 4 is 12.0 Å². The van der Waals surface area contributed by atoms with Gasteiger partial charge in [0.25, 0.3) is 0 Å². The lowest BCUT2D eigenvalue weighted by molar-refractivity contribution is -0.147. The molecule has 162 valence electrons. The van der Waals surface area contributed by atoms with Crippen LogP contribution in [0.5, 0.6) is 5.75 Å². The van der Waals surface area contributed by atoms with Gasteiger partial charge in [0, 0.05) is 12.0 Å². The van der Waals surface area contributed by atoms with Crippen LogP contribution in [-0.2, 0) is 19.0 Å². The lowest BCUT2D eigenvalue weighted by Crippen LogP contribution is -2.44. The van der Waals surface area contributed by atoms with Gasteiger partial charge in [-0.05, 0) is 82.7 Å². The molecule has 1 aliphatic carbocycles. The quantitative estimate of drug-likeness (QED) is 0.317. The summed E-state index contributed by atoms with van der Waals surface area (Å²) in [6.07, 6.45) is 8.84. The van der Waals surface area contributed by atoms with Crippen LogP contribution in [0.2, 0.25) is 0 Å². The summed E-state index contributed by atoms with van der Waals surface area (Å²) in [5.74, 6) is 0.0772. The van der Waals surface area contributed by atoms with Gasteiger partial charge in [0.15, 0.2) is 0 Å². The third kappa shape index (κ3) is 4.47. The van der Waals surface area contributed by atoms with Crippen LogP contribution in [0.3, 0.4) is 0 Å². The molecule has 1 aromatic rings. The maximum Gasteiger partial charge on any atom is 0.331 e. The molecule has 0 bridgehead atoms. The van der Waals surface area contributed by atoms with Gasteiger partial charge in [-0.25, -0.2) is 4.79 Å². The number of carbonyl (C=O) groups excluding carboxylic acids is 1. The van der Waals surface area contributed by atoms with Gasteiger partial charge in [0.1, 0.15) is 11.9 Å². The van der Waals surface area contributed by atoms with E-state index in [0.717, 1.165) is 43.4 Å². The zero-order valence-corrected chi connectivity index (χ0v) is 18.3. The number of allylic oxidation sites excluding steroid dienone is 1. The number of aromatic hydroxyl groups is 1. The number of esters is 1. The lowest BCUT2D eigenvalue weighted by Gasteiger charge is -2.36. The normalized spacial score (nSPS) is 34.7. The van der Waals surface area contributed by atoms with Gasteiger partial charge in [-0.3, -0.25) is 0 Å². The predicted octanol–water partition coefficient (Wildman–Crippen LogP) is 4.71. The first-order chi connectivity index (χ1) is 14.2. The summed E-state index contributed by atoms with van der Waals surface area (Å²) in [4.78, 5) is 12.4. The van der Waals surface area contributed by atoms with Crippen LogP contribution in [0.25, 0.3) is 6.08 Å². The van der Waals surface area contributed by atoms with E-state index in [1.165, 1.54) is 11.6 Å². The number of hydrogen-bond acceptors (Lipinski definition) is 5. The molecule has 0 aromatic heterocycles. The van der Waals surface area contributed by atoms with Crippen molar-refractivity contribution in [2.75, 3.05) is 6.61 Å². The largest absolute Gasteiger partial charge is 0.508 e. The first-order valence-corrected chi connectivity index (χ1v) is 10.8. The van der Waals surface area contributed by atoms with Gasteiger partial charge >= 0.3 is 5.97 Å². The molecule has 3 aliphatic rings.